The highest BCUT2D eigenvalue weighted by atomic mass is 35.5. The molecule has 0 saturated carbocycles. The van der Waals surface area contributed by atoms with Gasteiger partial charge in [0.05, 0.1) is 15.8 Å². The first kappa shape index (κ1) is 21.1. The molecule has 0 saturated heterocycles. The number of nitrogens with zero attached hydrogens (tertiary/aromatic N) is 1. The molecule has 1 aromatic heterocycles. The van der Waals surface area contributed by atoms with E-state index >= 15 is 0 Å². The van der Waals surface area contributed by atoms with E-state index < -0.39 is 0 Å². The Morgan fingerprint density at radius 1 is 1.15 bits per heavy atom. The van der Waals surface area contributed by atoms with E-state index in [2.05, 4.69) is 9.88 Å². The number of thioether (sulfide) groups is 1. The molecule has 0 spiro atoms. The van der Waals surface area contributed by atoms with Gasteiger partial charge in [-0.2, -0.15) is 0 Å². The minimum absolute atomic E-state index is 0.0384. The molecular formula is C19H24Cl2N2O2S. The molecule has 0 radical (unpaired) electrons. The molecule has 1 amide bonds. The molecule has 26 heavy (non-hydrogen) atoms. The second-order valence-corrected chi connectivity index (χ2v) is 8.30. The number of unbranched alkanes of at least 4 members (excludes halogenated alkanes) is 2. The zero-order valence-corrected chi connectivity index (χ0v) is 17.4. The van der Waals surface area contributed by atoms with Crippen LogP contribution in [0.4, 0.5) is 0 Å². The van der Waals surface area contributed by atoms with Crippen LogP contribution >= 0.6 is 35.0 Å². The summed E-state index contributed by atoms with van der Waals surface area (Å²) in [6.07, 6.45) is 4.99. The van der Waals surface area contributed by atoms with Crippen molar-refractivity contribution in [3.8, 4) is 0 Å². The number of nitrogens with one attached hydrogen (secondary N) is 1. The maximum absolute atomic E-state index is 11.7. The fraction of sp³-hybridized carbons (Fsp3) is 0.474. The van der Waals surface area contributed by atoms with Gasteiger partial charge < -0.3 is 9.88 Å². The van der Waals surface area contributed by atoms with Crippen LogP contribution in [0.25, 0.3) is 10.9 Å². The number of carbonyl (C=O) groups is 2. The van der Waals surface area contributed by atoms with Crippen molar-refractivity contribution in [3.63, 3.8) is 0 Å². The summed E-state index contributed by atoms with van der Waals surface area (Å²) in [5.74, 6) is 0.0887. The van der Waals surface area contributed by atoms with E-state index in [1.807, 2.05) is 38.2 Å². The lowest BCUT2D eigenvalue weighted by Crippen LogP contribution is -2.27. The third-order valence-corrected chi connectivity index (χ3v) is 5.91. The summed E-state index contributed by atoms with van der Waals surface area (Å²) in [5.41, 5.74) is 1.08. The van der Waals surface area contributed by atoms with Crippen molar-refractivity contribution in [3.05, 3.63) is 34.4 Å². The van der Waals surface area contributed by atoms with Crippen molar-refractivity contribution < 1.29 is 9.59 Å². The molecule has 2 aromatic rings. The van der Waals surface area contributed by atoms with Crippen molar-refractivity contribution in [2.45, 2.75) is 39.7 Å². The molecule has 2 rings (SSSR count). The monoisotopic (exact) mass is 414 g/mol. The van der Waals surface area contributed by atoms with E-state index in [0.29, 0.717) is 16.6 Å². The maximum Gasteiger partial charge on any atom is 0.230 e. The molecule has 0 atom stereocenters. The Labute approximate surface area is 168 Å². The second kappa shape index (κ2) is 10.2. The third-order valence-electron chi connectivity index (χ3n) is 4.03. The van der Waals surface area contributed by atoms with E-state index in [0.717, 1.165) is 48.5 Å². The van der Waals surface area contributed by atoms with Crippen molar-refractivity contribution in [1.82, 2.24) is 9.88 Å². The van der Waals surface area contributed by atoms with Crippen molar-refractivity contribution in [2.75, 3.05) is 12.3 Å². The summed E-state index contributed by atoms with van der Waals surface area (Å²) in [6.45, 7) is 5.21. The molecule has 1 heterocycles. The Kier molecular flexibility index (Phi) is 8.32. The standard InChI is InChI=1S/C19H24Cl2N2O2S/c1-13(2)19(25)26-12-18(24)22-7-4-3-5-8-23-9-6-14-10-15(20)16(21)11-17(14)23/h6,9-11,13H,3-5,7-8,12H2,1-2H3,(H,22,24). The Balaban J connectivity index is 1.65. The number of rotatable bonds is 9. The van der Waals surface area contributed by atoms with E-state index in [1.165, 1.54) is 0 Å². The number of hydrogen-bond acceptors (Lipinski definition) is 3. The van der Waals surface area contributed by atoms with Crippen LogP contribution in [0.5, 0.6) is 0 Å². The molecule has 0 aliphatic heterocycles. The van der Waals surface area contributed by atoms with Gasteiger partial charge in [0.25, 0.3) is 0 Å². The lowest BCUT2D eigenvalue weighted by molar-refractivity contribution is -0.119. The highest BCUT2D eigenvalue weighted by Crippen LogP contribution is 2.28. The first-order valence-corrected chi connectivity index (χ1v) is 10.5. The molecule has 1 N–H and O–H groups in total. The molecule has 0 unspecified atom stereocenters. The van der Waals surface area contributed by atoms with Crippen LogP contribution in [0.3, 0.4) is 0 Å². The number of aryl methyl sites for hydroxylation is 1. The number of benzene rings is 1. The van der Waals surface area contributed by atoms with Gasteiger partial charge in [-0.3, -0.25) is 9.59 Å². The van der Waals surface area contributed by atoms with Crippen LogP contribution in [-0.2, 0) is 16.1 Å². The quantitative estimate of drug-likeness (QED) is 0.577. The van der Waals surface area contributed by atoms with Crippen LogP contribution in [-0.4, -0.2) is 27.9 Å². The molecule has 0 aliphatic carbocycles. The Morgan fingerprint density at radius 2 is 1.88 bits per heavy atom. The van der Waals surface area contributed by atoms with Crippen molar-refractivity contribution in [1.29, 1.82) is 0 Å². The fourth-order valence-electron chi connectivity index (χ4n) is 2.55. The molecule has 142 valence electrons. The van der Waals surface area contributed by atoms with Gasteiger partial charge in [-0.1, -0.05) is 48.8 Å². The Morgan fingerprint density at radius 3 is 2.62 bits per heavy atom. The molecule has 7 heteroatoms. The van der Waals surface area contributed by atoms with Crippen molar-refractivity contribution >= 4 is 56.9 Å². The molecule has 1 aromatic carbocycles. The van der Waals surface area contributed by atoms with Crippen LogP contribution in [0, 0.1) is 5.92 Å². The summed E-state index contributed by atoms with van der Waals surface area (Å²) >= 11 is 13.2. The number of amides is 1. The number of halogens is 2. The third kappa shape index (κ3) is 6.22. The first-order valence-electron chi connectivity index (χ1n) is 8.75. The average Bonchev–Trinajstić information content (AvgIpc) is 2.97. The van der Waals surface area contributed by atoms with E-state index in [1.54, 1.807) is 0 Å². The van der Waals surface area contributed by atoms with Gasteiger partial charge >= 0.3 is 0 Å². The molecule has 4 nitrogen and oxygen atoms in total. The van der Waals surface area contributed by atoms with Crippen molar-refractivity contribution in [2.24, 2.45) is 5.92 Å². The predicted molar refractivity (Wildman–Crippen MR) is 111 cm³/mol. The van der Waals surface area contributed by atoms with Crippen LogP contribution in [0.1, 0.15) is 33.1 Å². The zero-order chi connectivity index (χ0) is 19.1. The lowest BCUT2D eigenvalue weighted by Gasteiger charge is -2.08. The van der Waals surface area contributed by atoms with Gasteiger partial charge in [0.2, 0.25) is 5.91 Å². The van der Waals surface area contributed by atoms with E-state index in [4.69, 9.17) is 23.2 Å². The van der Waals surface area contributed by atoms with E-state index in [9.17, 15) is 9.59 Å². The normalized spacial score (nSPS) is 11.3. The van der Waals surface area contributed by atoms with Gasteiger partial charge in [-0.25, -0.2) is 0 Å². The average molecular weight is 415 g/mol. The molecule has 0 bridgehead atoms. The smallest absolute Gasteiger partial charge is 0.230 e. The topological polar surface area (TPSA) is 51.1 Å². The lowest BCUT2D eigenvalue weighted by atomic mass is 10.2. The summed E-state index contributed by atoms with van der Waals surface area (Å²) in [4.78, 5) is 23.2. The highest BCUT2D eigenvalue weighted by molar-refractivity contribution is 8.14. The Bertz CT molecular complexity index is 774. The summed E-state index contributed by atoms with van der Waals surface area (Å²) in [6, 6.07) is 5.82. The van der Waals surface area contributed by atoms with Crippen LogP contribution in [0.2, 0.25) is 10.0 Å². The van der Waals surface area contributed by atoms with E-state index in [-0.39, 0.29) is 22.7 Å². The minimum atomic E-state index is -0.0769. The number of carbonyl (C=O) groups excluding carboxylic acids is 2. The van der Waals surface area contributed by atoms with Gasteiger partial charge in [0.1, 0.15) is 0 Å². The van der Waals surface area contributed by atoms with Gasteiger partial charge in [-0.15, -0.1) is 0 Å². The minimum Gasteiger partial charge on any atom is -0.355 e. The Hall–Kier alpha value is -1.17. The largest absolute Gasteiger partial charge is 0.355 e. The summed E-state index contributed by atoms with van der Waals surface area (Å²) in [7, 11) is 0. The van der Waals surface area contributed by atoms with Crippen LogP contribution in [0.15, 0.2) is 24.4 Å². The fourth-order valence-corrected chi connectivity index (χ4v) is 3.58. The number of hydrogen-bond donors (Lipinski definition) is 1. The maximum atomic E-state index is 11.7. The predicted octanol–water partition coefficient (Wildman–Crippen LogP) is 5.15. The molecule has 0 fully saturated rings. The SMILES string of the molecule is CC(C)C(=O)SCC(=O)NCCCCCn1ccc2cc(Cl)c(Cl)cc21. The number of aromatic nitrogens is 1. The first-order chi connectivity index (χ1) is 12.4. The summed E-state index contributed by atoms with van der Waals surface area (Å²) in [5, 5.41) is 5.14. The van der Waals surface area contributed by atoms with Gasteiger partial charge in [0, 0.05) is 36.1 Å². The molecule has 0 aliphatic rings. The number of fused-ring (bicyclic) bond motifs is 1. The second-order valence-electron chi connectivity index (χ2n) is 6.51. The molecular weight excluding hydrogens is 391 g/mol. The van der Waals surface area contributed by atoms with Gasteiger partial charge in [0.15, 0.2) is 5.12 Å². The van der Waals surface area contributed by atoms with Gasteiger partial charge in [-0.05, 0) is 37.5 Å². The zero-order valence-electron chi connectivity index (χ0n) is 15.1. The highest BCUT2D eigenvalue weighted by Gasteiger charge is 2.10. The van der Waals surface area contributed by atoms with Crippen LogP contribution < -0.4 is 5.32 Å². The summed E-state index contributed by atoms with van der Waals surface area (Å²) < 4.78 is 2.17.